The Kier molecular flexibility index (Phi) is 8.15. The van der Waals surface area contributed by atoms with Crippen molar-refractivity contribution in [3.63, 3.8) is 0 Å². The highest BCUT2D eigenvalue weighted by atomic mass is 16.4. The van der Waals surface area contributed by atoms with Gasteiger partial charge in [0.15, 0.2) is 0 Å². The van der Waals surface area contributed by atoms with Crippen LogP contribution in [0.15, 0.2) is 0 Å². The van der Waals surface area contributed by atoms with E-state index < -0.39 is 11.5 Å². The molecule has 18 heavy (non-hydrogen) atoms. The van der Waals surface area contributed by atoms with Gasteiger partial charge in [0.2, 0.25) is 0 Å². The van der Waals surface area contributed by atoms with E-state index in [1.165, 1.54) is 0 Å². The zero-order chi connectivity index (χ0) is 14.2. The molecule has 5 heteroatoms. The summed E-state index contributed by atoms with van der Waals surface area (Å²) < 4.78 is 0. The number of hydrogen-bond donors (Lipinski definition) is 2. The average molecular weight is 259 g/mol. The number of unbranched alkanes of at least 4 members (excludes halogenated alkanes) is 1. The number of nitrogens with zero attached hydrogens (tertiary/aromatic N) is 2. The van der Waals surface area contributed by atoms with E-state index >= 15 is 0 Å². The van der Waals surface area contributed by atoms with Crippen molar-refractivity contribution in [2.24, 2.45) is 5.73 Å². The Hall–Kier alpha value is -0.650. The number of aliphatic carboxylic acids is 1. The van der Waals surface area contributed by atoms with Gasteiger partial charge in [-0.2, -0.15) is 0 Å². The molecule has 0 aromatic heterocycles. The molecular formula is C13H29N3O2. The van der Waals surface area contributed by atoms with E-state index in [1.807, 2.05) is 0 Å². The number of hydrogen-bond acceptors (Lipinski definition) is 4. The van der Waals surface area contributed by atoms with E-state index in [1.54, 1.807) is 6.92 Å². The van der Waals surface area contributed by atoms with Crippen LogP contribution in [0.2, 0.25) is 0 Å². The maximum Gasteiger partial charge on any atom is 0.323 e. The van der Waals surface area contributed by atoms with Gasteiger partial charge in [-0.05, 0) is 73.4 Å². The molecule has 1 atom stereocenters. The molecule has 0 amide bonds. The lowest BCUT2D eigenvalue weighted by Crippen LogP contribution is -2.44. The summed E-state index contributed by atoms with van der Waals surface area (Å²) in [6.07, 6.45) is 3.55. The normalized spacial score (nSPS) is 15.1. The van der Waals surface area contributed by atoms with Gasteiger partial charge in [-0.3, -0.25) is 4.79 Å². The molecule has 0 saturated heterocycles. The first-order chi connectivity index (χ1) is 8.25. The van der Waals surface area contributed by atoms with Gasteiger partial charge in [0.05, 0.1) is 0 Å². The predicted molar refractivity (Wildman–Crippen MR) is 74.7 cm³/mol. The molecule has 5 nitrogen and oxygen atoms in total. The Labute approximate surface area is 111 Å². The SMILES string of the molecule is CN(C)CCCN(C)CCCCC(C)(N)C(=O)O. The van der Waals surface area contributed by atoms with E-state index in [4.69, 9.17) is 10.8 Å². The van der Waals surface area contributed by atoms with E-state index in [0.29, 0.717) is 6.42 Å². The number of carboxylic acid groups (broad SMARTS) is 1. The molecule has 0 aromatic rings. The van der Waals surface area contributed by atoms with Gasteiger partial charge < -0.3 is 20.6 Å². The summed E-state index contributed by atoms with van der Waals surface area (Å²) in [5.41, 5.74) is 4.59. The highest BCUT2D eigenvalue weighted by Gasteiger charge is 2.26. The Bertz CT molecular complexity index is 242. The van der Waals surface area contributed by atoms with Gasteiger partial charge >= 0.3 is 5.97 Å². The molecule has 0 aliphatic heterocycles. The minimum Gasteiger partial charge on any atom is -0.480 e. The third-order valence-corrected chi connectivity index (χ3v) is 3.12. The van der Waals surface area contributed by atoms with Crippen LogP contribution < -0.4 is 5.73 Å². The smallest absolute Gasteiger partial charge is 0.323 e. The molecule has 0 saturated carbocycles. The summed E-state index contributed by atoms with van der Waals surface area (Å²) >= 11 is 0. The van der Waals surface area contributed by atoms with Crippen LogP contribution in [-0.4, -0.2) is 67.2 Å². The molecular weight excluding hydrogens is 230 g/mol. The van der Waals surface area contributed by atoms with Gasteiger partial charge in [-0.15, -0.1) is 0 Å². The van der Waals surface area contributed by atoms with Gasteiger partial charge in [0, 0.05) is 0 Å². The van der Waals surface area contributed by atoms with Crippen molar-refractivity contribution in [1.82, 2.24) is 9.80 Å². The number of carboxylic acids is 1. The van der Waals surface area contributed by atoms with Gasteiger partial charge in [-0.25, -0.2) is 0 Å². The molecule has 0 aromatic carbocycles. The molecule has 0 fully saturated rings. The highest BCUT2D eigenvalue weighted by molar-refractivity contribution is 5.77. The fourth-order valence-electron chi connectivity index (χ4n) is 1.75. The summed E-state index contributed by atoms with van der Waals surface area (Å²) in [6, 6.07) is 0. The molecule has 3 N–H and O–H groups in total. The molecule has 0 aliphatic carbocycles. The molecule has 0 rings (SSSR count). The van der Waals surface area contributed by atoms with Crippen molar-refractivity contribution in [3.05, 3.63) is 0 Å². The fraction of sp³-hybridized carbons (Fsp3) is 0.923. The highest BCUT2D eigenvalue weighted by Crippen LogP contribution is 2.11. The summed E-state index contributed by atoms with van der Waals surface area (Å²) in [6.45, 7) is 4.76. The summed E-state index contributed by atoms with van der Waals surface area (Å²) in [5.74, 6) is -0.915. The first-order valence-electron chi connectivity index (χ1n) is 6.61. The van der Waals surface area contributed by atoms with Crippen molar-refractivity contribution < 1.29 is 9.90 Å². The van der Waals surface area contributed by atoms with Crippen LogP contribution in [-0.2, 0) is 4.79 Å². The molecule has 1 unspecified atom stereocenters. The molecule has 0 heterocycles. The van der Waals surface area contributed by atoms with Crippen LogP contribution in [0.4, 0.5) is 0 Å². The van der Waals surface area contributed by atoms with Crippen LogP contribution in [0.3, 0.4) is 0 Å². The average Bonchev–Trinajstić information content (AvgIpc) is 2.23. The third-order valence-electron chi connectivity index (χ3n) is 3.12. The zero-order valence-corrected chi connectivity index (χ0v) is 12.3. The first-order valence-corrected chi connectivity index (χ1v) is 6.61. The molecule has 0 spiro atoms. The van der Waals surface area contributed by atoms with E-state index in [-0.39, 0.29) is 0 Å². The lowest BCUT2D eigenvalue weighted by Gasteiger charge is -2.21. The zero-order valence-electron chi connectivity index (χ0n) is 12.3. The largest absolute Gasteiger partial charge is 0.480 e. The topological polar surface area (TPSA) is 69.8 Å². The minimum absolute atomic E-state index is 0.536. The lowest BCUT2D eigenvalue weighted by molar-refractivity contribution is -0.142. The molecule has 108 valence electrons. The lowest BCUT2D eigenvalue weighted by atomic mass is 9.96. The van der Waals surface area contributed by atoms with Crippen LogP contribution in [0.5, 0.6) is 0 Å². The van der Waals surface area contributed by atoms with Crippen LogP contribution in [0.1, 0.15) is 32.6 Å². The Morgan fingerprint density at radius 1 is 1.11 bits per heavy atom. The second-order valence-corrected chi connectivity index (χ2v) is 5.64. The van der Waals surface area contributed by atoms with E-state index in [9.17, 15) is 4.79 Å². The number of rotatable bonds is 10. The van der Waals surface area contributed by atoms with Gasteiger partial charge in [0.1, 0.15) is 5.54 Å². The molecule has 0 bridgehead atoms. The molecule has 0 aliphatic rings. The Morgan fingerprint density at radius 3 is 2.17 bits per heavy atom. The van der Waals surface area contributed by atoms with Crippen LogP contribution in [0, 0.1) is 0 Å². The Morgan fingerprint density at radius 2 is 1.67 bits per heavy atom. The maximum absolute atomic E-state index is 10.8. The first kappa shape index (κ1) is 17.4. The fourth-order valence-corrected chi connectivity index (χ4v) is 1.75. The third kappa shape index (κ3) is 8.44. The van der Waals surface area contributed by atoms with E-state index in [0.717, 1.165) is 38.9 Å². The monoisotopic (exact) mass is 259 g/mol. The van der Waals surface area contributed by atoms with Crippen molar-refractivity contribution >= 4 is 5.97 Å². The van der Waals surface area contributed by atoms with Crippen molar-refractivity contribution in [1.29, 1.82) is 0 Å². The predicted octanol–water partition coefficient (Wildman–Crippen LogP) is 0.842. The second kappa shape index (κ2) is 8.45. The number of nitrogens with two attached hydrogens (primary N) is 1. The summed E-state index contributed by atoms with van der Waals surface area (Å²) in [7, 11) is 6.26. The van der Waals surface area contributed by atoms with Crippen molar-refractivity contribution in [2.45, 2.75) is 38.1 Å². The van der Waals surface area contributed by atoms with Crippen LogP contribution in [0.25, 0.3) is 0 Å². The summed E-state index contributed by atoms with van der Waals surface area (Å²) in [4.78, 5) is 15.3. The quantitative estimate of drug-likeness (QED) is 0.569. The maximum atomic E-state index is 10.8. The Balaban J connectivity index is 3.57. The standard InChI is InChI=1S/C13H29N3O2/c1-13(14,12(17)18)8-5-6-10-16(4)11-7-9-15(2)3/h5-11,14H2,1-4H3,(H,17,18). The van der Waals surface area contributed by atoms with Crippen molar-refractivity contribution in [2.75, 3.05) is 40.8 Å². The van der Waals surface area contributed by atoms with Crippen LogP contribution >= 0.6 is 0 Å². The summed E-state index contributed by atoms with van der Waals surface area (Å²) in [5, 5.41) is 8.88. The van der Waals surface area contributed by atoms with Crippen molar-refractivity contribution in [3.8, 4) is 0 Å². The number of carbonyl (C=O) groups is 1. The van der Waals surface area contributed by atoms with Gasteiger partial charge in [0.25, 0.3) is 0 Å². The minimum atomic E-state index is -1.08. The second-order valence-electron chi connectivity index (χ2n) is 5.64. The van der Waals surface area contributed by atoms with E-state index in [2.05, 4.69) is 30.9 Å². The van der Waals surface area contributed by atoms with Gasteiger partial charge in [-0.1, -0.05) is 0 Å². The molecule has 0 radical (unpaired) electrons.